The van der Waals surface area contributed by atoms with Crippen LogP contribution in [0.3, 0.4) is 0 Å². The van der Waals surface area contributed by atoms with E-state index in [1.807, 2.05) is 47.0 Å². The highest BCUT2D eigenvalue weighted by atomic mass is 32.2. The van der Waals surface area contributed by atoms with E-state index in [0.29, 0.717) is 29.6 Å². The lowest BCUT2D eigenvalue weighted by Crippen LogP contribution is -2.04. The molecule has 6 nitrogen and oxygen atoms in total. The predicted octanol–water partition coefficient (Wildman–Crippen LogP) is 3.86. The Hall–Kier alpha value is -3.16. The Morgan fingerprint density at radius 3 is 2.62 bits per heavy atom. The van der Waals surface area contributed by atoms with Crippen LogP contribution in [0.5, 0.6) is 0 Å². The SMILES string of the molecule is N#CCCC(C#N)CSc1nnc(-c2cccnc2)n1-c1ccccc1. The number of hydrogen-bond acceptors (Lipinski definition) is 6. The van der Waals surface area contributed by atoms with E-state index >= 15 is 0 Å². The van der Waals surface area contributed by atoms with E-state index in [0.717, 1.165) is 11.3 Å². The second kappa shape index (κ2) is 8.80. The Kier molecular flexibility index (Phi) is 5.97. The van der Waals surface area contributed by atoms with Crippen LogP contribution in [0.1, 0.15) is 12.8 Å². The van der Waals surface area contributed by atoms with Crippen molar-refractivity contribution in [3.05, 3.63) is 54.9 Å². The minimum absolute atomic E-state index is 0.192. The Bertz CT molecular complexity index is 924. The van der Waals surface area contributed by atoms with Crippen LogP contribution < -0.4 is 0 Å². The highest BCUT2D eigenvalue weighted by Crippen LogP contribution is 2.29. The summed E-state index contributed by atoms with van der Waals surface area (Å²) < 4.78 is 1.97. The van der Waals surface area contributed by atoms with Crippen molar-refractivity contribution in [1.82, 2.24) is 19.7 Å². The Morgan fingerprint density at radius 2 is 1.92 bits per heavy atom. The molecule has 2 aromatic heterocycles. The molecule has 26 heavy (non-hydrogen) atoms. The maximum absolute atomic E-state index is 9.28. The van der Waals surface area contributed by atoms with Crippen LogP contribution in [0.15, 0.2) is 60.0 Å². The van der Waals surface area contributed by atoms with Crippen molar-refractivity contribution in [2.24, 2.45) is 5.92 Å². The summed E-state index contributed by atoms with van der Waals surface area (Å²) in [6.07, 6.45) is 4.41. The molecule has 0 saturated heterocycles. The van der Waals surface area contributed by atoms with Crippen LogP contribution in [0.25, 0.3) is 17.1 Å². The summed E-state index contributed by atoms with van der Waals surface area (Å²) in [5.41, 5.74) is 1.82. The molecule has 0 aliphatic carbocycles. The second-order valence-corrected chi connectivity index (χ2v) is 6.54. The van der Waals surface area contributed by atoms with Crippen molar-refractivity contribution in [3.63, 3.8) is 0 Å². The molecule has 1 aromatic carbocycles. The molecular formula is C19H16N6S. The van der Waals surface area contributed by atoms with Gasteiger partial charge < -0.3 is 0 Å². The molecule has 3 aromatic rings. The number of nitrogens with zero attached hydrogens (tertiary/aromatic N) is 6. The first-order chi connectivity index (χ1) is 12.8. The van der Waals surface area contributed by atoms with Crippen LogP contribution in [0.2, 0.25) is 0 Å². The summed E-state index contributed by atoms with van der Waals surface area (Å²) in [4.78, 5) is 4.16. The van der Waals surface area contributed by atoms with Gasteiger partial charge in [-0.3, -0.25) is 9.55 Å². The lowest BCUT2D eigenvalue weighted by Gasteiger charge is -2.11. The van der Waals surface area contributed by atoms with Gasteiger partial charge in [0, 0.05) is 35.8 Å². The fourth-order valence-corrected chi connectivity index (χ4v) is 3.47. The molecule has 0 radical (unpaired) electrons. The number of nitriles is 2. The van der Waals surface area contributed by atoms with Crippen molar-refractivity contribution < 1.29 is 0 Å². The van der Waals surface area contributed by atoms with Gasteiger partial charge >= 0.3 is 0 Å². The summed E-state index contributed by atoms with van der Waals surface area (Å²) in [7, 11) is 0. The predicted molar refractivity (Wildman–Crippen MR) is 99.3 cm³/mol. The molecular weight excluding hydrogens is 344 g/mol. The maximum Gasteiger partial charge on any atom is 0.196 e. The second-order valence-electron chi connectivity index (χ2n) is 5.55. The monoisotopic (exact) mass is 360 g/mol. The van der Waals surface area contributed by atoms with E-state index in [9.17, 15) is 5.26 Å². The Balaban J connectivity index is 1.92. The molecule has 7 heteroatoms. The Labute approximate surface area is 156 Å². The highest BCUT2D eigenvalue weighted by Gasteiger charge is 2.18. The fraction of sp³-hybridized carbons (Fsp3) is 0.211. The van der Waals surface area contributed by atoms with Crippen molar-refractivity contribution in [2.45, 2.75) is 18.0 Å². The minimum Gasteiger partial charge on any atom is -0.270 e. The quantitative estimate of drug-likeness (QED) is 0.594. The number of rotatable bonds is 7. The van der Waals surface area contributed by atoms with E-state index in [1.54, 1.807) is 12.4 Å². The molecule has 0 fully saturated rings. The summed E-state index contributed by atoms with van der Waals surface area (Å²) in [6, 6.07) is 18.0. The summed E-state index contributed by atoms with van der Waals surface area (Å²) in [5, 5.41) is 27.4. The van der Waals surface area contributed by atoms with Gasteiger partial charge in [0.25, 0.3) is 0 Å². The van der Waals surface area contributed by atoms with Crippen LogP contribution in [-0.4, -0.2) is 25.5 Å². The van der Waals surface area contributed by atoms with Crippen LogP contribution in [-0.2, 0) is 0 Å². The smallest absolute Gasteiger partial charge is 0.196 e. The first kappa shape index (κ1) is 17.7. The molecule has 1 atom stereocenters. The van der Waals surface area contributed by atoms with Crippen molar-refractivity contribution in [1.29, 1.82) is 10.5 Å². The van der Waals surface area contributed by atoms with Gasteiger partial charge in [0.15, 0.2) is 11.0 Å². The first-order valence-corrected chi connectivity index (χ1v) is 9.12. The zero-order valence-corrected chi connectivity index (χ0v) is 14.8. The van der Waals surface area contributed by atoms with Crippen molar-refractivity contribution in [2.75, 3.05) is 5.75 Å². The van der Waals surface area contributed by atoms with E-state index in [-0.39, 0.29) is 5.92 Å². The molecule has 0 N–H and O–H groups in total. The summed E-state index contributed by atoms with van der Waals surface area (Å²) in [6.45, 7) is 0. The normalized spacial score (nSPS) is 11.5. The van der Waals surface area contributed by atoms with Crippen molar-refractivity contribution >= 4 is 11.8 Å². The number of thioether (sulfide) groups is 1. The van der Waals surface area contributed by atoms with Gasteiger partial charge in [0.05, 0.1) is 18.1 Å². The lowest BCUT2D eigenvalue weighted by atomic mass is 10.1. The zero-order chi connectivity index (χ0) is 18.2. The molecule has 0 spiro atoms. The van der Waals surface area contributed by atoms with Gasteiger partial charge in [-0.25, -0.2) is 0 Å². The van der Waals surface area contributed by atoms with Crippen LogP contribution >= 0.6 is 11.8 Å². The molecule has 2 heterocycles. The summed E-state index contributed by atoms with van der Waals surface area (Å²) >= 11 is 1.48. The van der Waals surface area contributed by atoms with E-state index in [1.165, 1.54) is 11.8 Å². The van der Waals surface area contributed by atoms with Gasteiger partial charge in [-0.05, 0) is 30.7 Å². The van der Waals surface area contributed by atoms with Gasteiger partial charge in [-0.15, -0.1) is 10.2 Å². The number of hydrogen-bond donors (Lipinski definition) is 0. The molecule has 0 aliphatic rings. The van der Waals surface area contributed by atoms with Gasteiger partial charge in [0.2, 0.25) is 0 Å². The minimum atomic E-state index is -0.192. The molecule has 0 saturated carbocycles. The number of benzene rings is 1. The van der Waals surface area contributed by atoms with Gasteiger partial charge in [-0.1, -0.05) is 30.0 Å². The standard InChI is InChI=1S/C19H16N6S/c20-10-4-6-15(12-21)14-26-19-24-23-18(16-7-5-11-22-13-16)25(19)17-8-2-1-3-9-17/h1-3,5,7-9,11,13,15H,4,6,14H2. The molecule has 0 amide bonds. The van der Waals surface area contributed by atoms with Gasteiger partial charge in [-0.2, -0.15) is 10.5 Å². The molecule has 3 rings (SSSR count). The van der Waals surface area contributed by atoms with Crippen LogP contribution in [0, 0.1) is 28.6 Å². The lowest BCUT2D eigenvalue weighted by molar-refractivity contribution is 0.683. The third kappa shape index (κ3) is 4.08. The topological polar surface area (TPSA) is 91.2 Å². The van der Waals surface area contributed by atoms with E-state index in [4.69, 9.17) is 5.26 Å². The first-order valence-electron chi connectivity index (χ1n) is 8.14. The molecule has 1 unspecified atom stereocenters. The average molecular weight is 360 g/mol. The van der Waals surface area contributed by atoms with Crippen LogP contribution in [0.4, 0.5) is 0 Å². The maximum atomic E-state index is 9.28. The third-order valence-electron chi connectivity index (χ3n) is 3.77. The van der Waals surface area contributed by atoms with E-state index < -0.39 is 0 Å². The number of aromatic nitrogens is 4. The molecule has 128 valence electrons. The largest absolute Gasteiger partial charge is 0.270 e. The number of para-hydroxylation sites is 1. The van der Waals surface area contributed by atoms with E-state index in [2.05, 4.69) is 27.3 Å². The highest BCUT2D eigenvalue weighted by molar-refractivity contribution is 7.99. The average Bonchev–Trinajstić information content (AvgIpc) is 3.13. The third-order valence-corrected chi connectivity index (χ3v) is 4.86. The number of pyridine rings is 1. The van der Waals surface area contributed by atoms with Gasteiger partial charge in [0.1, 0.15) is 0 Å². The molecule has 0 bridgehead atoms. The molecule has 0 aliphatic heterocycles. The Morgan fingerprint density at radius 1 is 1.08 bits per heavy atom. The fourth-order valence-electron chi connectivity index (χ4n) is 2.45. The zero-order valence-electron chi connectivity index (χ0n) is 14.0. The van der Waals surface area contributed by atoms with Crippen molar-refractivity contribution in [3.8, 4) is 29.2 Å². The summed E-state index contributed by atoms with van der Waals surface area (Å²) in [5.74, 6) is 1.08.